The second-order valence-electron chi connectivity index (χ2n) is 11.6. The fraction of sp³-hybridized carbons (Fsp3) is 0.552. The van der Waals surface area contributed by atoms with Gasteiger partial charge in [-0.2, -0.15) is 0 Å². The number of carbonyl (C=O) groups excluding carboxylic acids is 1. The average Bonchev–Trinajstić information content (AvgIpc) is 2.72. The van der Waals surface area contributed by atoms with Crippen LogP contribution in [-0.2, 0) is 20.4 Å². The van der Waals surface area contributed by atoms with Gasteiger partial charge in [-0.3, -0.25) is 4.79 Å². The van der Waals surface area contributed by atoms with Gasteiger partial charge < -0.3 is 13.9 Å². The summed E-state index contributed by atoms with van der Waals surface area (Å²) in [6.07, 6.45) is 1.84. The predicted molar refractivity (Wildman–Crippen MR) is 143 cm³/mol. The van der Waals surface area contributed by atoms with Crippen LogP contribution < -0.4 is 4.74 Å². The Bertz CT molecular complexity index is 923. The molecule has 0 amide bonds. The van der Waals surface area contributed by atoms with E-state index in [1.807, 2.05) is 32.9 Å². The molecule has 2 aromatic rings. The van der Waals surface area contributed by atoms with E-state index in [0.717, 1.165) is 17.7 Å². The highest BCUT2D eigenvalue weighted by Crippen LogP contribution is 2.38. The molecular weight excluding hydrogens is 440 g/mol. The molecule has 0 N–H and O–H groups in total. The molecule has 0 unspecified atom stereocenters. The maximum absolute atomic E-state index is 12.5. The maximum Gasteiger partial charge on any atom is 0.306 e. The summed E-state index contributed by atoms with van der Waals surface area (Å²) >= 11 is 0. The molecule has 0 saturated heterocycles. The minimum absolute atomic E-state index is 0.0991. The zero-order valence-corrected chi connectivity index (χ0v) is 23.7. The SMILES string of the molecule is COc1ccc([C@H](CCC(=O)OC(C)(C)C)CO[Si](C)(C)C(C)(C)C)cc1Cc1ccccc1. The topological polar surface area (TPSA) is 44.8 Å². The molecule has 2 rings (SSSR count). The van der Waals surface area contributed by atoms with Gasteiger partial charge in [0.25, 0.3) is 0 Å². The van der Waals surface area contributed by atoms with Crippen molar-refractivity contribution in [2.24, 2.45) is 0 Å². The first-order valence-electron chi connectivity index (χ1n) is 12.3. The number of benzene rings is 2. The number of hydrogen-bond donors (Lipinski definition) is 0. The van der Waals surface area contributed by atoms with Gasteiger partial charge in [0.15, 0.2) is 8.32 Å². The number of carbonyl (C=O) groups is 1. The summed E-state index contributed by atoms with van der Waals surface area (Å²) in [6, 6.07) is 16.8. The third-order valence-corrected chi connectivity index (χ3v) is 11.1. The first-order valence-corrected chi connectivity index (χ1v) is 15.2. The van der Waals surface area contributed by atoms with Crippen LogP contribution in [0.5, 0.6) is 5.75 Å². The molecule has 4 nitrogen and oxygen atoms in total. The highest BCUT2D eigenvalue weighted by atomic mass is 28.4. The molecule has 34 heavy (non-hydrogen) atoms. The monoisotopic (exact) mass is 484 g/mol. The van der Waals surface area contributed by atoms with Crippen LogP contribution in [0.15, 0.2) is 48.5 Å². The van der Waals surface area contributed by atoms with Gasteiger partial charge in [0.1, 0.15) is 11.4 Å². The Balaban J connectivity index is 2.30. The number of methoxy groups -OCH3 is 1. The molecule has 0 fully saturated rings. The summed E-state index contributed by atoms with van der Waals surface area (Å²) in [4.78, 5) is 12.5. The van der Waals surface area contributed by atoms with E-state index in [1.165, 1.54) is 11.1 Å². The first kappa shape index (κ1) is 28.1. The quantitative estimate of drug-likeness (QED) is 0.258. The lowest BCUT2D eigenvalue weighted by atomic mass is 9.92. The Morgan fingerprint density at radius 3 is 2.18 bits per heavy atom. The summed E-state index contributed by atoms with van der Waals surface area (Å²) < 4.78 is 17.9. The summed E-state index contributed by atoms with van der Waals surface area (Å²) in [5, 5.41) is 0.126. The molecule has 0 spiro atoms. The Morgan fingerprint density at radius 1 is 0.971 bits per heavy atom. The largest absolute Gasteiger partial charge is 0.496 e. The van der Waals surface area contributed by atoms with Crippen LogP contribution in [0, 0.1) is 0 Å². The van der Waals surface area contributed by atoms with Gasteiger partial charge in [-0.05, 0) is 68.1 Å². The summed E-state index contributed by atoms with van der Waals surface area (Å²) in [6.45, 7) is 17.6. The lowest BCUT2D eigenvalue weighted by molar-refractivity contribution is -0.155. The third kappa shape index (κ3) is 8.59. The van der Waals surface area contributed by atoms with Crippen LogP contribution in [-0.4, -0.2) is 33.6 Å². The molecule has 0 radical (unpaired) electrons. The minimum atomic E-state index is -1.93. The Labute approximate surface area is 208 Å². The fourth-order valence-electron chi connectivity index (χ4n) is 3.56. The third-order valence-electron chi connectivity index (χ3n) is 6.58. The summed E-state index contributed by atoms with van der Waals surface area (Å²) in [7, 11) is -0.216. The second-order valence-corrected chi connectivity index (χ2v) is 16.4. The van der Waals surface area contributed by atoms with Crippen molar-refractivity contribution < 1.29 is 18.7 Å². The molecule has 188 valence electrons. The van der Waals surface area contributed by atoms with Crippen molar-refractivity contribution in [1.29, 1.82) is 0 Å². The van der Waals surface area contributed by atoms with Crippen LogP contribution in [0.4, 0.5) is 0 Å². The maximum atomic E-state index is 12.5. The van der Waals surface area contributed by atoms with Gasteiger partial charge in [0.05, 0.1) is 7.11 Å². The number of rotatable bonds is 10. The average molecular weight is 485 g/mol. The van der Waals surface area contributed by atoms with E-state index in [4.69, 9.17) is 13.9 Å². The number of ether oxygens (including phenoxy) is 2. The molecule has 0 aromatic heterocycles. The lowest BCUT2D eigenvalue weighted by Crippen LogP contribution is -2.41. The zero-order valence-electron chi connectivity index (χ0n) is 22.7. The molecule has 0 aliphatic rings. The normalized spacial score (nSPS) is 13.4. The van der Waals surface area contributed by atoms with Crippen LogP contribution in [0.2, 0.25) is 18.1 Å². The number of esters is 1. The van der Waals surface area contributed by atoms with E-state index >= 15 is 0 Å². The molecule has 0 heterocycles. The van der Waals surface area contributed by atoms with Gasteiger partial charge in [0.2, 0.25) is 0 Å². The van der Waals surface area contributed by atoms with Crippen molar-refractivity contribution in [3.05, 3.63) is 65.2 Å². The standard InChI is InChI=1S/C29H44O4Si/c1-28(2,3)33-27(30)18-16-24(21-32-34(8,9)29(4,5)6)23-15-17-26(31-7)25(20-23)19-22-13-11-10-12-14-22/h10-15,17,20,24H,16,18-19,21H2,1-9H3/t24-/m1/s1. The molecule has 1 atom stereocenters. The van der Waals surface area contributed by atoms with Gasteiger partial charge in [-0.25, -0.2) is 0 Å². The van der Waals surface area contributed by atoms with Gasteiger partial charge in [-0.15, -0.1) is 0 Å². The van der Waals surface area contributed by atoms with E-state index in [9.17, 15) is 4.79 Å². The van der Waals surface area contributed by atoms with Crippen molar-refractivity contribution in [3.63, 3.8) is 0 Å². The van der Waals surface area contributed by atoms with E-state index in [-0.39, 0.29) is 16.9 Å². The Kier molecular flexibility index (Phi) is 9.55. The lowest BCUT2D eigenvalue weighted by Gasteiger charge is -2.37. The summed E-state index contributed by atoms with van der Waals surface area (Å²) in [5.41, 5.74) is 3.07. The first-order chi connectivity index (χ1) is 15.7. The molecule has 0 bridgehead atoms. The zero-order chi connectivity index (χ0) is 25.6. The van der Waals surface area contributed by atoms with Crippen LogP contribution >= 0.6 is 0 Å². The molecule has 5 heteroatoms. The molecule has 0 aliphatic carbocycles. The van der Waals surface area contributed by atoms with Gasteiger partial charge in [-0.1, -0.05) is 63.2 Å². The Hall–Kier alpha value is -2.11. The minimum Gasteiger partial charge on any atom is -0.496 e. The van der Waals surface area contributed by atoms with Gasteiger partial charge in [0, 0.05) is 25.4 Å². The second kappa shape index (κ2) is 11.5. The van der Waals surface area contributed by atoms with Gasteiger partial charge >= 0.3 is 5.97 Å². The summed E-state index contributed by atoms with van der Waals surface area (Å²) in [5.74, 6) is 0.814. The Morgan fingerprint density at radius 2 is 1.62 bits per heavy atom. The van der Waals surface area contributed by atoms with E-state index in [0.29, 0.717) is 19.4 Å². The van der Waals surface area contributed by atoms with Crippen molar-refractivity contribution in [3.8, 4) is 5.75 Å². The van der Waals surface area contributed by atoms with Crippen molar-refractivity contribution >= 4 is 14.3 Å². The van der Waals surface area contributed by atoms with Crippen molar-refractivity contribution in [2.45, 2.75) is 90.5 Å². The highest BCUT2D eigenvalue weighted by molar-refractivity contribution is 6.74. The smallest absolute Gasteiger partial charge is 0.306 e. The molecule has 0 saturated carbocycles. The van der Waals surface area contributed by atoms with E-state index < -0.39 is 13.9 Å². The predicted octanol–water partition coefficient (Wildman–Crippen LogP) is 7.51. The van der Waals surface area contributed by atoms with Crippen LogP contribution in [0.25, 0.3) is 0 Å². The van der Waals surface area contributed by atoms with Crippen molar-refractivity contribution in [2.75, 3.05) is 13.7 Å². The van der Waals surface area contributed by atoms with Crippen LogP contribution in [0.1, 0.15) is 77.0 Å². The molecular formula is C29H44O4Si. The molecule has 0 aliphatic heterocycles. The fourth-order valence-corrected chi connectivity index (χ4v) is 4.61. The van der Waals surface area contributed by atoms with Crippen molar-refractivity contribution in [1.82, 2.24) is 0 Å². The highest BCUT2D eigenvalue weighted by Gasteiger charge is 2.37. The van der Waals surface area contributed by atoms with Crippen LogP contribution in [0.3, 0.4) is 0 Å². The number of hydrogen-bond acceptors (Lipinski definition) is 4. The van der Waals surface area contributed by atoms with E-state index in [2.05, 4.69) is 70.3 Å². The van der Waals surface area contributed by atoms with E-state index in [1.54, 1.807) is 7.11 Å². The molecule has 2 aromatic carbocycles.